The molecular weight excluding hydrogens is 266 g/mol. The number of ether oxygens (including phenoxy) is 1. The first kappa shape index (κ1) is 14.4. The molecule has 1 aliphatic carbocycles. The fourth-order valence-electron chi connectivity index (χ4n) is 2.78. The molecule has 3 rings (SSSR count). The van der Waals surface area contributed by atoms with Crippen LogP contribution in [0.4, 0.5) is 0 Å². The van der Waals surface area contributed by atoms with Gasteiger partial charge in [0.15, 0.2) is 5.96 Å². The van der Waals surface area contributed by atoms with E-state index in [0.29, 0.717) is 0 Å². The number of aromatic nitrogens is 2. The number of rotatable bonds is 4. The van der Waals surface area contributed by atoms with Crippen LogP contribution >= 0.6 is 0 Å². The van der Waals surface area contributed by atoms with Crippen molar-refractivity contribution in [2.45, 2.75) is 25.4 Å². The molecule has 1 atom stereocenters. The van der Waals surface area contributed by atoms with Crippen molar-refractivity contribution in [1.29, 1.82) is 0 Å². The summed E-state index contributed by atoms with van der Waals surface area (Å²) >= 11 is 0. The van der Waals surface area contributed by atoms with Gasteiger partial charge >= 0.3 is 0 Å². The predicted molar refractivity (Wildman–Crippen MR) is 82.2 cm³/mol. The maximum atomic E-state index is 5.88. The Balaban J connectivity index is 1.55. The highest BCUT2D eigenvalue weighted by atomic mass is 16.5. The van der Waals surface area contributed by atoms with E-state index in [0.717, 1.165) is 43.7 Å². The lowest BCUT2D eigenvalue weighted by Gasteiger charge is -2.34. The van der Waals surface area contributed by atoms with Crippen LogP contribution in [-0.4, -0.2) is 53.9 Å². The maximum absolute atomic E-state index is 5.88. The van der Waals surface area contributed by atoms with Crippen molar-refractivity contribution in [2.75, 3.05) is 33.3 Å². The zero-order valence-corrected chi connectivity index (χ0v) is 13.0. The lowest BCUT2D eigenvalue weighted by atomic mass is 10.1. The van der Waals surface area contributed by atoms with Crippen LogP contribution in [0.15, 0.2) is 17.4 Å². The Kier molecular flexibility index (Phi) is 4.43. The van der Waals surface area contributed by atoms with Crippen LogP contribution in [0.2, 0.25) is 0 Å². The number of hydrogen-bond donors (Lipinski definition) is 1. The zero-order chi connectivity index (χ0) is 14.7. The summed E-state index contributed by atoms with van der Waals surface area (Å²) < 4.78 is 7.70. The molecule has 0 bridgehead atoms. The van der Waals surface area contributed by atoms with E-state index in [-0.39, 0.29) is 6.10 Å². The molecule has 116 valence electrons. The van der Waals surface area contributed by atoms with Gasteiger partial charge in [0.05, 0.1) is 19.3 Å². The molecule has 21 heavy (non-hydrogen) atoms. The van der Waals surface area contributed by atoms with Gasteiger partial charge in [-0.05, 0) is 12.3 Å². The molecule has 1 saturated heterocycles. The standard InChI is InChI=1S/C15H25N5O/c1-16-15(17-6-5-12-3-4-12)20-7-8-21-14(11-20)13-9-18-19(2)10-13/h9-10,12,14H,3-8,11H2,1-2H3,(H,16,17). The summed E-state index contributed by atoms with van der Waals surface area (Å²) in [6, 6.07) is 0. The molecule has 0 amide bonds. The molecule has 1 unspecified atom stereocenters. The van der Waals surface area contributed by atoms with E-state index >= 15 is 0 Å². The third-order valence-electron chi connectivity index (χ3n) is 4.21. The largest absolute Gasteiger partial charge is 0.370 e. The summed E-state index contributed by atoms with van der Waals surface area (Å²) in [4.78, 5) is 6.70. The van der Waals surface area contributed by atoms with Crippen molar-refractivity contribution in [1.82, 2.24) is 20.0 Å². The molecule has 1 aliphatic heterocycles. The fourth-order valence-corrected chi connectivity index (χ4v) is 2.78. The van der Waals surface area contributed by atoms with Gasteiger partial charge in [0.2, 0.25) is 0 Å². The second kappa shape index (κ2) is 6.47. The highest BCUT2D eigenvalue weighted by Gasteiger charge is 2.25. The van der Waals surface area contributed by atoms with E-state index in [1.807, 2.05) is 31.2 Å². The van der Waals surface area contributed by atoms with Crippen molar-refractivity contribution in [3.63, 3.8) is 0 Å². The molecule has 1 N–H and O–H groups in total. The number of hydrogen-bond acceptors (Lipinski definition) is 3. The zero-order valence-electron chi connectivity index (χ0n) is 13.0. The molecule has 2 aliphatic rings. The van der Waals surface area contributed by atoms with E-state index < -0.39 is 0 Å². The van der Waals surface area contributed by atoms with Gasteiger partial charge in [-0.1, -0.05) is 12.8 Å². The molecule has 0 radical (unpaired) electrons. The van der Waals surface area contributed by atoms with E-state index in [1.54, 1.807) is 0 Å². The van der Waals surface area contributed by atoms with E-state index in [2.05, 4.69) is 20.3 Å². The van der Waals surface area contributed by atoms with Crippen molar-refractivity contribution in [2.24, 2.45) is 18.0 Å². The van der Waals surface area contributed by atoms with Crippen LogP contribution in [-0.2, 0) is 11.8 Å². The Bertz CT molecular complexity index is 494. The second-order valence-corrected chi connectivity index (χ2v) is 5.96. The summed E-state index contributed by atoms with van der Waals surface area (Å²) in [5.74, 6) is 1.94. The van der Waals surface area contributed by atoms with Crippen molar-refractivity contribution in [3.05, 3.63) is 18.0 Å². The molecule has 1 aromatic heterocycles. The van der Waals surface area contributed by atoms with Crippen molar-refractivity contribution in [3.8, 4) is 0 Å². The number of morpholine rings is 1. The minimum atomic E-state index is 0.0782. The summed E-state index contributed by atoms with van der Waals surface area (Å²) in [6.45, 7) is 3.46. The van der Waals surface area contributed by atoms with Crippen LogP contribution in [0.25, 0.3) is 0 Å². The van der Waals surface area contributed by atoms with Gasteiger partial charge < -0.3 is 15.0 Å². The Morgan fingerprint density at radius 1 is 1.52 bits per heavy atom. The lowest BCUT2D eigenvalue weighted by Crippen LogP contribution is -2.48. The van der Waals surface area contributed by atoms with Crippen LogP contribution < -0.4 is 5.32 Å². The number of nitrogens with one attached hydrogen (secondary N) is 1. The topological polar surface area (TPSA) is 54.7 Å². The first-order valence-corrected chi connectivity index (χ1v) is 7.82. The van der Waals surface area contributed by atoms with Crippen LogP contribution in [0.1, 0.15) is 30.9 Å². The molecule has 2 heterocycles. The highest BCUT2D eigenvalue weighted by molar-refractivity contribution is 5.80. The molecular formula is C15H25N5O. The molecule has 2 fully saturated rings. The normalized spacial score (nSPS) is 23.4. The number of aryl methyl sites for hydroxylation is 1. The molecule has 6 nitrogen and oxygen atoms in total. The molecule has 0 spiro atoms. The van der Waals surface area contributed by atoms with Gasteiger partial charge in [-0.3, -0.25) is 9.67 Å². The monoisotopic (exact) mass is 291 g/mol. The Morgan fingerprint density at radius 2 is 2.38 bits per heavy atom. The first-order valence-electron chi connectivity index (χ1n) is 7.82. The number of aliphatic imine (C=N–C) groups is 1. The van der Waals surface area contributed by atoms with Crippen molar-refractivity contribution >= 4 is 5.96 Å². The number of guanidine groups is 1. The predicted octanol–water partition coefficient (Wildman–Crippen LogP) is 1.17. The van der Waals surface area contributed by atoms with Gasteiger partial charge in [-0.25, -0.2) is 0 Å². The number of nitrogens with zero attached hydrogens (tertiary/aromatic N) is 4. The second-order valence-electron chi connectivity index (χ2n) is 5.96. The minimum absolute atomic E-state index is 0.0782. The first-order chi connectivity index (χ1) is 10.3. The summed E-state index contributed by atoms with van der Waals surface area (Å²) in [6.07, 6.45) is 8.06. The quantitative estimate of drug-likeness (QED) is 0.668. The van der Waals surface area contributed by atoms with Gasteiger partial charge in [-0.15, -0.1) is 0 Å². The smallest absolute Gasteiger partial charge is 0.193 e. The average molecular weight is 291 g/mol. The SMILES string of the molecule is CN=C(NCCC1CC1)N1CCOC(c2cnn(C)c2)C1. The van der Waals surface area contributed by atoms with E-state index in [1.165, 1.54) is 19.3 Å². The van der Waals surface area contributed by atoms with Gasteiger partial charge in [0.1, 0.15) is 6.10 Å². The van der Waals surface area contributed by atoms with Crippen LogP contribution in [0.3, 0.4) is 0 Å². The Hall–Kier alpha value is -1.56. The molecule has 6 heteroatoms. The van der Waals surface area contributed by atoms with Crippen LogP contribution in [0, 0.1) is 5.92 Å². The lowest BCUT2D eigenvalue weighted by molar-refractivity contribution is -0.00802. The Labute approximate surface area is 126 Å². The maximum Gasteiger partial charge on any atom is 0.193 e. The van der Waals surface area contributed by atoms with Gasteiger partial charge in [0.25, 0.3) is 0 Å². The highest BCUT2D eigenvalue weighted by Crippen LogP contribution is 2.31. The Morgan fingerprint density at radius 3 is 3.05 bits per heavy atom. The van der Waals surface area contributed by atoms with E-state index in [9.17, 15) is 0 Å². The fraction of sp³-hybridized carbons (Fsp3) is 0.733. The third-order valence-corrected chi connectivity index (χ3v) is 4.21. The van der Waals surface area contributed by atoms with Crippen molar-refractivity contribution < 1.29 is 4.74 Å². The summed E-state index contributed by atoms with van der Waals surface area (Å²) in [7, 11) is 3.79. The molecule has 0 aromatic carbocycles. The summed E-state index contributed by atoms with van der Waals surface area (Å²) in [5.41, 5.74) is 1.13. The van der Waals surface area contributed by atoms with Gasteiger partial charge in [0, 0.05) is 38.9 Å². The molecule has 1 saturated carbocycles. The van der Waals surface area contributed by atoms with E-state index in [4.69, 9.17) is 4.74 Å². The van der Waals surface area contributed by atoms with Gasteiger partial charge in [-0.2, -0.15) is 5.10 Å². The van der Waals surface area contributed by atoms with Crippen LogP contribution in [0.5, 0.6) is 0 Å². The third kappa shape index (κ3) is 3.75. The average Bonchev–Trinajstić information content (AvgIpc) is 3.23. The minimum Gasteiger partial charge on any atom is -0.370 e. The summed E-state index contributed by atoms with van der Waals surface area (Å²) in [5, 5.41) is 7.72. The molecule has 1 aromatic rings.